The van der Waals surface area contributed by atoms with Gasteiger partial charge in [0.15, 0.2) is 0 Å². The molecular formula is C23H35NO. The second kappa shape index (κ2) is 9.79. The summed E-state index contributed by atoms with van der Waals surface area (Å²) in [4.78, 5) is 4.51. The molecular weight excluding hydrogens is 306 g/mol. The number of benzene rings is 1. The quantitative estimate of drug-likeness (QED) is 0.482. The van der Waals surface area contributed by atoms with E-state index >= 15 is 0 Å². The van der Waals surface area contributed by atoms with Gasteiger partial charge in [0.25, 0.3) is 0 Å². The van der Waals surface area contributed by atoms with E-state index in [1.165, 1.54) is 43.1 Å². The number of methoxy groups -OCH3 is 1. The van der Waals surface area contributed by atoms with Crippen molar-refractivity contribution in [1.82, 2.24) is 4.98 Å². The first-order valence-electron chi connectivity index (χ1n) is 10.0. The van der Waals surface area contributed by atoms with Gasteiger partial charge >= 0.3 is 0 Å². The Balaban J connectivity index is 2.16. The third-order valence-corrected chi connectivity index (χ3v) is 5.69. The van der Waals surface area contributed by atoms with Crippen molar-refractivity contribution in [3.05, 3.63) is 36.0 Å². The van der Waals surface area contributed by atoms with Crippen LogP contribution in [-0.2, 0) is 6.42 Å². The lowest BCUT2D eigenvalue weighted by Gasteiger charge is -2.28. The molecule has 2 atom stereocenters. The van der Waals surface area contributed by atoms with E-state index in [1.54, 1.807) is 7.11 Å². The lowest BCUT2D eigenvalue weighted by Crippen LogP contribution is -2.17. The summed E-state index contributed by atoms with van der Waals surface area (Å²) in [5.74, 6) is 3.33. The van der Waals surface area contributed by atoms with Gasteiger partial charge in [-0.2, -0.15) is 0 Å². The molecule has 0 spiro atoms. The summed E-state index contributed by atoms with van der Waals surface area (Å²) < 4.78 is 5.41. The Morgan fingerprint density at radius 2 is 1.80 bits per heavy atom. The monoisotopic (exact) mass is 341 g/mol. The zero-order valence-corrected chi connectivity index (χ0v) is 16.7. The highest BCUT2D eigenvalue weighted by Crippen LogP contribution is 2.32. The van der Waals surface area contributed by atoms with Gasteiger partial charge in [0.05, 0.1) is 12.6 Å². The Hall–Kier alpha value is -1.57. The van der Waals surface area contributed by atoms with E-state index in [1.807, 2.05) is 12.3 Å². The van der Waals surface area contributed by atoms with Crippen molar-refractivity contribution in [1.29, 1.82) is 0 Å². The van der Waals surface area contributed by atoms with Gasteiger partial charge in [0, 0.05) is 11.6 Å². The summed E-state index contributed by atoms with van der Waals surface area (Å²) in [5.41, 5.74) is 2.46. The fraction of sp³-hybridized carbons (Fsp3) is 0.609. The first-order chi connectivity index (χ1) is 12.1. The van der Waals surface area contributed by atoms with Gasteiger partial charge in [-0.3, -0.25) is 4.98 Å². The Bertz CT molecular complexity index is 648. The lowest BCUT2D eigenvalue weighted by atomic mass is 9.78. The van der Waals surface area contributed by atoms with Crippen LogP contribution in [0.4, 0.5) is 0 Å². The first-order valence-corrected chi connectivity index (χ1v) is 10.0. The fourth-order valence-electron chi connectivity index (χ4n) is 4.33. The molecule has 0 amide bonds. The molecule has 2 nitrogen and oxygen atoms in total. The maximum atomic E-state index is 5.41. The molecule has 1 aromatic heterocycles. The van der Waals surface area contributed by atoms with Crippen molar-refractivity contribution in [2.45, 2.75) is 66.2 Å². The molecule has 0 N–H and O–H groups in total. The van der Waals surface area contributed by atoms with Crippen molar-refractivity contribution < 1.29 is 4.74 Å². The number of nitrogens with zero attached hydrogens (tertiary/aromatic N) is 1. The largest absolute Gasteiger partial charge is 0.497 e. The Kier molecular flexibility index (Phi) is 7.74. The smallest absolute Gasteiger partial charge is 0.119 e. The summed E-state index contributed by atoms with van der Waals surface area (Å²) in [6, 6.07) is 8.37. The Morgan fingerprint density at radius 3 is 2.44 bits per heavy atom. The van der Waals surface area contributed by atoms with Crippen LogP contribution in [0.15, 0.2) is 30.5 Å². The second-order valence-electron chi connectivity index (χ2n) is 7.52. The van der Waals surface area contributed by atoms with Gasteiger partial charge < -0.3 is 4.74 Å². The number of rotatable bonds is 10. The van der Waals surface area contributed by atoms with Crippen molar-refractivity contribution in [3.63, 3.8) is 0 Å². The third kappa shape index (κ3) is 5.20. The molecule has 0 saturated heterocycles. The van der Waals surface area contributed by atoms with E-state index < -0.39 is 0 Å². The standard InChI is InChI=1S/C23H35NO/c1-6-9-19(18(7-2)8-3)14-17(4)15-20-12-13-24-23-11-10-21(25-5)16-22(20)23/h10-13,16-19H,6-9,14-15H2,1-5H3. The van der Waals surface area contributed by atoms with Crippen LogP contribution in [0.2, 0.25) is 0 Å². The van der Waals surface area contributed by atoms with E-state index in [2.05, 4.69) is 50.9 Å². The van der Waals surface area contributed by atoms with Crippen LogP contribution in [0.1, 0.15) is 65.4 Å². The second-order valence-corrected chi connectivity index (χ2v) is 7.52. The highest BCUT2D eigenvalue weighted by Gasteiger charge is 2.20. The molecule has 2 rings (SSSR count). The van der Waals surface area contributed by atoms with Gasteiger partial charge in [-0.15, -0.1) is 0 Å². The Morgan fingerprint density at radius 1 is 1.04 bits per heavy atom. The van der Waals surface area contributed by atoms with Gasteiger partial charge in [-0.05, 0) is 60.4 Å². The number of hydrogen-bond acceptors (Lipinski definition) is 2. The topological polar surface area (TPSA) is 22.1 Å². The van der Waals surface area contributed by atoms with Crippen LogP contribution in [0.25, 0.3) is 10.9 Å². The molecule has 1 aromatic carbocycles. The molecule has 2 aromatic rings. The highest BCUT2D eigenvalue weighted by molar-refractivity contribution is 5.83. The molecule has 0 aliphatic carbocycles. The van der Waals surface area contributed by atoms with Crippen LogP contribution < -0.4 is 4.74 Å². The SMILES string of the molecule is CCCC(CC(C)Cc1ccnc2ccc(OC)cc12)C(CC)CC. The van der Waals surface area contributed by atoms with Gasteiger partial charge in [0.2, 0.25) is 0 Å². The zero-order chi connectivity index (χ0) is 18.2. The predicted octanol–water partition coefficient (Wildman–Crippen LogP) is 6.66. The molecule has 138 valence electrons. The van der Waals surface area contributed by atoms with Crippen LogP contribution in [-0.4, -0.2) is 12.1 Å². The van der Waals surface area contributed by atoms with E-state index in [9.17, 15) is 0 Å². The van der Waals surface area contributed by atoms with E-state index in [0.717, 1.165) is 29.5 Å². The molecule has 0 bridgehead atoms. The molecule has 1 heterocycles. The molecule has 0 aliphatic rings. The van der Waals surface area contributed by atoms with Crippen LogP contribution in [0, 0.1) is 17.8 Å². The fourth-order valence-corrected chi connectivity index (χ4v) is 4.33. The normalized spacial score (nSPS) is 14.0. The van der Waals surface area contributed by atoms with E-state index in [4.69, 9.17) is 4.74 Å². The van der Waals surface area contributed by atoms with Crippen molar-refractivity contribution >= 4 is 10.9 Å². The van der Waals surface area contributed by atoms with Gasteiger partial charge in [-0.1, -0.05) is 53.4 Å². The molecule has 0 radical (unpaired) electrons. The van der Waals surface area contributed by atoms with E-state index in [0.29, 0.717) is 5.92 Å². The maximum absolute atomic E-state index is 5.41. The number of aromatic nitrogens is 1. The Labute approximate surface area is 154 Å². The van der Waals surface area contributed by atoms with Crippen molar-refractivity contribution in [2.75, 3.05) is 7.11 Å². The third-order valence-electron chi connectivity index (χ3n) is 5.69. The van der Waals surface area contributed by atoms with Gasteiger partial charge in [0.1, 0.15) is 5.75 Å². The van der Waals surface area contributed by atoms with Crippen LogP contribution in [0.5, 0.6) is 5.75 Å². The molecule has 0 fully saturated rings. The maximum Gasteiger partial charge on any atom is 0.119 e. The predicted molar refractivity (Wildman–Crippen MR) is 108 cm³/mol. The summed E-state index contributed by atoms with van der Waals surface area (Å²) in [6.45, 7) is 9.44. The van der Waals surface area contributed by atoms with Crippen molar-refractivity contribution in [3.8, 4) is 5.75 Å². The minimum Gasteiger partial charge on any atom is -0.497 e. The number of pyridine rings is 1. The molecule has 0 aliphatic heterocycles. The van der Waals surface area contributed by atoms with Gasteiger partial charge in [-0.25, -0.2) is 0 Å². The summed E-state index contributed by atoms with van der Waals surface area (Å²) in [7, 11) is 1.73. The summed E-state index contributed by atoms with van der Waals surface area (Å²) in [6.07, 6.45) is 9.67. The van der Waals surface area contributed by atoms with E-state index in [-0.39, 0.29) is 0 Å². The lowest BCUT2D eigenvalue weighted by molar-refractivity contribution is 0.242. The molecule has 2 heteroatoms. The summed E-state index contributed by atoms with van der Waals surface area (Å²) in [5, 5.41) is 1.24. The van der Waals surface area contributed by atoms with Crippen LogP contribution >= 0.6 is 0 Å². The number of fused-ring (bicyclic) bond motifs is 1. The van der Waals surface area contributed by atoms with Crippen LogP contribution in [0.3, 0.4) is 0 Å². The minimum atomic E-state index is 0.689. The zero-order valence-electron chi connectivity index (χ0n) is 16.7. The summed E-state index contributed by atoms with van der Waals surface area (Å²) >= 11 is 0. The molecule has 2 unspecified atom stereocenters. The average molecular weight is 342 g/mol. The highest BCUT2D eigenvalue weighted by atomic mass is 16.5. The van der Waals surface area contributed by atoms with Crippen molar-refractivity contribution in [2.24, 2.45) is 17.8 Å². The molecule has 25 heavy (non-hydrogen) atoms. The average Bonchev–Trinajstić information content (AvgIpc) is 2.62. The first kappa shape index (κ1) is 19.8. The number of hydrogen-bond donors (Lipinski definition) is 0. The number of ether oxygens (including phenoxy) is 1. The minimum absolute atomic E-state index is 0.689. The molecule has 0 saturated carbocycles.